The molecule has 2 aromatic carbocycles. The van der Waals surface area contributed by atoms with Gasteiger partial charge in [-0.25, -0.2) is 4.79 Å². The summed E-state index contributed by atoms with van der Waals surface area (Å²) in [7, 11) is 0. The average Bonchev–Trinajstić information content (AvgIpc) is 2.79. The summed E-state index contributed by atoms with van der Waals surface area (Å²) in [5.74, 6) is -0.350. The summed E-state index contributed by atoms with van der Waals surface area (Å²) < 4.78 is 11.3. The molecule has 0 fully saturated rings. The number of fused-ring (bicyclic) bond motifs is 3. The molecule has 0 aliphatic carbocycles. The van der Waals surface area contributed by atoms with E-state index in [1.165, 1.54) is 0 Å². The molecule has 0 radical (unpaired) electrons. The topological polar surface area (TPSA) is 102 Å². The van der Waals surface area contributed by atoms with Crippen molar-refractivity contribution in [2.75, 3.05) is 0 Å². The van der Waals surface area contributed by atoms with E-state index in [0.717, 1.165) is 16.7 Å². The molecule has 2 aromatic heterocycles. The number of rotatable bonds is 2. The monoisotopic (exact) mass is 393 g/mol. The highest BCUT2D eigenvalue weighted by Gasteiger charge is 2.35. The van der Waals surface area contributed by atoms with Gasteiger partial charge in [0.1, 0.15) is 17.2 Å². The highest BCUT2D eigenvalue weighted by atomic mass is 16.5. The number of hydrogen-bond donors (Lipinski definition) is 1. The van der Waals surface area contributed by atoms with Crippen molar-refractivity contribution < 1.29 is 9.15 Å². The Morgan fingerprint density at radius 1 is 0.967 bits per heavy atom. The minimum atomic E-state index is -0.675. The fourth-order valence-electron chi connectivity index (χ4n) is 3.81. The van der Waals surface area contributed by atoms with Gasteiger partial charge in [0, 0.05) is 12.4 Å². The fourth-order valence-corrected chi connectivity index (χ4v) is 3.81. The second-order valence-electron chi connectivity index (χ2n) is 6.91. The number of nitrogens with zero attached hydrogens (tertiary/aromatic N) is 2. The van der Waals surface area contributed by atoms with Gasteiger partial charge >= 0.3 is 5.63 Å². The van der Waals surface area contributed by atoms with Crippen LogP contribution in [0.25, 0.3) is 22.1 Å². The predicted octanol–water partition coefficient (Wildman–Crippen LogP) is 4.07. The number of hydrogen-bond acceptors (Lipinski definition) is 6. The minimum absolute atomic E-state index is 0.0102. The van der Waals surface area contributed by atoms with Crippen LogP contribution < -0.4 is 16.1 Å². The molecule has 1 aliphatic rings. The number of pyridine rings is 1. The number of aromatic nitrogens is 1. The van der Waals surface area contributed by atoms with E-state index in [0.29, 0.717) is 16.7 Å². The fraction of sp³-hybridized carbons (Fsp3) is 0.0417. The number of ether oxygens (including phenoxy) is 1. The smallest absolute Gasteiger partial charge is 0.344 e. The van der Waals surface area contributed by atoms with Crippen molar-refractivity contribution >= 4 is 11.0 Å². The Labute approximate surface area is 171 Å². The molecule has 0 spiro atoms. The first kappa shape index (κ1) is 17.7. The van der Waals surface area contributed by atoms with Gasteiger partial charge in [0.25, 0.3) is 0 Å². The van der Waals surface area contributed by atoms with E-state index < -0.39 is 11.5 Å². The Morgan fingerprint density at radius 2 is 1.67 bits per heavy atom. The van der Waals surface area contributed by atoms with E-state index in [1.54, 1.807) is 30.6 Å². The van der Waals surface area contributed by atoms with Crippen molar-refractivity contribution in [2.24, 2.45) is 5.73 Å². The molecule has 30 heavy (non-hydrogen) atoms. The first-order valence-electron chi connectivity index (χ1n) is 9.31. The van der Waals surface area contributed by atoms with Gasteiger partial charge in [-0.1, -0.05) is 36.4 Å². The maximum atomic E-state index is 12.9. The van der Waals surface area contributed by atoms with Crippen LogP contribution in [-0.4, -0.2) is 4.98 Å². The van der Waals surface area contributed by atoms with Gasteiger partial charge in [-0.15, -0.1) is 0 Å². The molecule has 1 unspecified atom stereocenters. The van der Waals surface area contributed by atoms with Crippen LogP contribution in [0.3, 0.4) is 0 Å². The van der Waals surface area contributed by atoms with Crippen LogP contribution in [-0.2, 0) is 0 Å². The van der Waals surface area contributed by atoms with E-state index in [4.69, 9.17) is 14.9 Å². The lowest BCUT2D eigenvalue weighted by atomic mass is 9.83. The second-order valence-corrected chi connectivity index (χ2v) is 6.91. The molecule has 1 aliphatic heterocycles. The lowest BCUT2D eigenvalue weighted by molar-refractivity contribution is 0.388. The maximum absolute atomic E-state index is 12.9. The summed E-state index contributed by atoms with van der Waals surface area (Å²) >= 11 is 0. The number of nitriles is 1. The Bertz CT molecular complexity index is 1400. The quantitative estimate of drug-likeness (QED) is 0.515. The summed E-state index contributed by atoms with van der Waals surface area (Å²) in [6.07, 6.45) is 3.46. The van der Waals surface area contributed by atoms with E-state index in [9.17, 15) is 10.1 Å². The molecule has 5 rings (SSSR count). The Kier molecular flexibility index (Phi) is 4.08. The molecule has 2 N–H and O–H groups in total. The summed E-state index contributed by atoms with van der Waals surface area (Å²) in [5.41, 5.74) is 9.16. The van der Waals surface area contributed by atoms with Gasteiger partial charge in [-0.2, -0.15) is 5.26 Å². The van der Waals surface area contributed by atoms with Gasteiger partial charge < -0.3 is 14.9 Å². The van der Waals surface area contributed by atoms with Gasteiger partial charge in [-0.3, -0.25) is 4.98 Å². The Balaban J connectivity index is 1.71. The van der Waals surface area contributed by atoms with Crippen molar-refractivity contribution in [1.29, 1.82) is 5.26 Å². The predicted molar refractivity (Wildman–Crippen MR) is 111 cm³/mol. The third-order valence-corrected chi connectivity index (χ3v) is 5.23. The first-order chi connectivity index (χ1) is 14.7. The number of allylic oxidation sites excluding steroid dienone is 1. The summed E-state index contributed by atoms with van der Waals surface area (Å²) in [5, 5.41) is 10.4. The zero-order chi connectivity index (χ0) is 20.7. The summed E-state index contributed by atoms with van der Waals surface area (Å²) in [6.45, 7) is 0. The van der Waals surface area contributed by atoms with Crippen LogP contribution in [0.2, 0.25) is 0 Å². The van der Waals surface area contributed by atoms with Crippen LogP contribution in [0.5, 0.6) is 5.75 Å². The van der Waals surface area contributed by atoms with Crippen molar-refractivity contribution in [2.45, 2.75) is 5.92 Å². The SMILES string of the molecule is N#CC1=C(N)Oc2c(c(=O)oc3ccccc23)C1c1ccc(-c2ccncc2)cc1. The van der Waals surface area contributed by atoms with Crippen molar-refractivity contribution in [3.63, 3.8) is 0 Å². The second kappa shape index (κ2) is 6.90. The van der Waals surface area contributed by atoms with E-state index in [-0.39, 0.29) is 17.0 Å². The molecule has 0 bridgehead atoms. The highest BCUT2D eigenvalue weighted by Crippen LogP contribution is 2.43. The van der Waals surface area contributed by atoms with Gasteiger partial charge in [0.05, 0.1) is 16.9 Å². The van der Waals surface area contributed by atoms with E-state index in [2.05, 4.69) is 11.1 Å². The summed E-state index contributed by atoms with van der Waals surface area (Å²) in [6, 6.07) is 20.7. The Hall–Kier alpha value is -4.37. The van der Waals surface area contributed by atoms with Crippen LogP contribution in [0.4, 0.5) is 0 Å². The zero-order valence-corrected chi connectivity index (χ0v) is 15.7. The molecular formula is C24H15N3O3. The molecule has 6 heteroatoms. The van der Waals surface area contributed by atoms with Gasteiger partial charge in [0.15, 0.2) is 5.75 Å². The van der Waals surface area contributed by atoms with Gasteiger partial charge in [0.2, 0.25) is 5.88 Å². The number of para-hydroxylation sites is 1. The van der Waals surface area contributed by atoms with E-state index in [1.807, 2.05) is 42.5 Å². The van der Waals surface area contributed by atoms with Crippen molar-refractivity contribution in [3.8, 4) is 22.9 Å². The lowest BCUT2D eigenvalue weighted by Crippen LogP contribution is -2.26. The summed E-state index contributed by atoms with van der Waals surface area (Å²) in [4.78, 5) is 16.9. The molecule has 0 saturated carbocycles. The highest BCUT2D eigenvalue weighted by molar-refractivity contribution is 5.86. The standard InChI is InChI=1S/C24H15N3O3/c25-13-18-20(16-7-5-14(6-8-16)15-9-11-27-12-10-15)21-22(30-23(18)26)17-3-1-2-4-19(17)29-24(21)28/h1-12,20H,26H2. The number of nitrogens with two attached hydrogens (primary N) is 1. The zero-order valence-electron chi connectivity index (χ0n) is 15.7. The molecule has 0 amide bonds. The molecular weight excluding hydrogens is 378 g/mol. The van der Waals surface area contributed by atoms with E-state index >= 15 is 0 Å². The molecule has 144 valence electrons. The van der Waals surface area contributed by atoms with Crippen LogP contribution in [0.15, 0.2) is 93.7 Å². The normalized spacial score (nSPS) is 15.4. The largest absolute Gasteiger partial charge is 0.439 e. The average molecular weight is 393 g/mol. The molecule has 6 nitrogen and oxygen atoms in total. The van der Waals surface area contributed by atoms with Crippen LogP contribution >= 0.6 is 0 Å². The van der Waals surface area contributed by atoms with Crippen LogP contribution in [0.1, 0.15) is 17.0 Å². The number of benzene rings is 2. The third-order valence-electron chi connectivity index (χ3n) is 5.23. The Morgan fingerprint density at radius 3 is 2.40 bits per heavy atom. The van der Waals surface area contributed by atoms with Crippen molar-refractivity contribution in [1.82, 2.24) is 4.98 Å². The van der Waals surface area contributed by atoms with Gasteiger partial charge in [-0.05, 0) is 41.0 Å². The maximum Gasteiger partial charge on any atom is 0.344 e. The van der Waals surface area contributed by atoms with Crippen LogP contribution in [0, 0.1) is 11.3 Å². The third kappa shape index (κ3) is 2.73. The molecule has 4 aromatic rings. The molecule has 1 atom stereocenters. The lowest BCUT2D eigenvalue weighted by Gasteiger charge is -2.26. The minimum Gasteiger partial charge on any atom is -0.439 e. The molecule has 3 heterocycles. The first-order valence-corrected chi connectivity index (χ1v) is 9.31. The molecule has 0 saturated heterocycles. The van der Waals surface area contributed by atoms with Crippen molar-refractivity contribution in [3.05, 3.63) is 106 Å².